The summed E-state index contributed by atoms with van der Waals surface area (Å²) in [5.41, 5.74) is -4.42. The Morgan fingerprint density at radius 3 is 2.27 bits per heavy atom. The molecule has 0 bridgehead atoms. The number of thiocarbonyl (C=S) groups is 1. The molecule has 2 amide bonds. The van der Waals surface area contributed by atoms with Gasteiger partial charge in [0.1, 0.15) is 17.0 Å². The van der Waals surface area contributed by atoms with Crippen LogP contribution < -0.4 is 15.1 Å². The van der Waals surface area contributed by atoms with Gasteiger partial charge in [-0.1, -0.05) is 6.07 Å². The van der Waals surface area contributed by atoms with Crippen molar-refractivity contribution < 1.29 is 36.7 Å². The van der Waals surface area contributed by atoms with Gasteiger partial charge in [-0.25, -0.2) is 9.24 Å². The largest absolute Gasteiger partial charge is 0.460 e. The van der Waals surface area contributed by atoms with Crippen LogP contribution in [-0.2, 0) is 20.5 Å². The van der Waals surface area contributed by atoms with Crippen molar-refractivity contribution in [1.29, 1.82) is 0 Å². The second kappa shape index (κ2) is 10.8. The number of alkyl halides is 3. The molecule has 8 nitrogen and oxygen atoms in total. The second-order valence-corrected chi connectivity index (χ2v) is 10.8. The maximum atomic E-state index is 15.1. The van der Waals surface area contributed by atoms with Crippen LogP contribution in [0.4, 0.5) is 34.6 Å². The minimum absolute atomic E-state index is 0.0856. The van der Waals surface area contributed by atoms with Gasteiger partial charge in [-0.2, -0.15) is 13.2 Å². The minimum Gasteiger partial charge on any atom is -0.460 e. The van der Waals surface area contributed by atoms with Gasteiger partial charge in [0.05, 0.1) is 24.1 Å². The van der Waals surface area contributed by atoms with Gasteiger partial charge in [0.15, 0.2) is 10.8 Å². The van der Waals surface area contributed by atoms with Crippen LogP contribution in [0.3, 0.4) is 0 Å². The lowest BCUT2D eigenvalue weighted by Gasteiger charge is -2.29. The molecule has 0 aliphatic carbocycles. The Morgan fingerprint density at radius 1 is 1.10 bits per heavy atom. The van der Waals surface area contributed by atoms with Crippen LogP contribution in [-0.4, -0.2) is 40.6 Å². The highest BCUT2D eigenvalue weighted by atomic mass is 32.1. The summed E-state index contributed by atoms with van der Waals surface area (Å²) in [6, 6.07) is 6.30. The van der Waals surface area contributed by atoms with E-state index in [0.717, 1.165) is 17.0 Å². The Bertz CT molecular complexity index is 1430. The molecule has 0 spiro atoms. The molecule has 13 heteroatoms. The molecule has 0 atom stereocenters. The predicted molar refractivity (Wildman–Crippen MR) is 144 cm³/mol. The summed E-state index contributed by atoms with van der Waals surface area (Å²) in [6.45, 7) is 15.0. The number of hydrogen-bond donors (Lipinski definition) is 1. The summed E-state index contributed by atoms with van der Waals surface area (Å²) in [4.78, 5) is 42.7. The average molecular weight is 579 g/mol. The summed E-state index contributed by atoms with van der Waals surface area (Å²) in [5.74, 6) is -2.94. The lowest BCUT2D eigenvalue weighted by Crippen LogP contribution is -2.44. The molecular weight excluding hydrogens is 552 g/mol. The van der Waals surface area contributed by atoms with Crippen LogP contribution in [0.25, 0.3) is 4.85 Å². The summed E-state index contributed by atoms with van der Waals surface area (Å²) >= 11 is 5.44. The number of nitrogens with zero attached hydrogens (tertiary/aromatic N) is 3. The zero-order chi connectivity index (χ0) is 30.2. The molecule has 0 unspecified atom stereocenters. The molecule has 40 heavy (non-hydrogen) atoms. The Hall–Kier alpha value is -4.05. The standard InChI is InChI=1S/C27H26F4N4O4S/c1-25(2,3)39-21(36)11-12-33-22(37)17-9-7-16(14-19(17)28)35-24(40)34(23(38)26(35,4)5)15-8-10-20(32-6)18(13-15)27(29,30)31/h7-10,13-14H,11-12H2,1-5H3,(H,33,37). The summed E-state index contributed by atoms with van der Waals surface area (Å²) in [5, 5.41) is 2.22. The van der Waals surface area contributed by atoms with Crippen LogP contribution in [0.2, 0.25) is 0 Å². The van der Waals surface area contributed by atoms with Crippen LogP contribution in [0, 0.1) is 12.4 Å². The van der Waals surface area contributed by atoms with Crippen molar-refractivity contribution in [3.8, 4) is 0 Å². The fourth-order valence-corrected chi connectivity index (χ4v) is 4.56. The SMILES string of the molecule is [C-]#[N+]c1ccc(N2C(=O)C(C)(C)N(c3ccc(C(=O)NCCC(=O)OC(C)(C)C)c(F)c3)C2=S)cc1C(F)(F)F. The average Bonchev–Trinajstić information content (AvgIpc) is 3.00. The molecule has 1 fully saturated rings. The Balaban J connectivity index is 1.85. The Morgan fingerprint density at radius 2 is 1.73 bits per heavy atom. The number of rotatable bonds is 6. The number of benzene rings is 2. The van der Waals surface area contributed by atoms with E-state index in [2.05, 4.69) is 10.2 Å². The summed E-state index contributed by atoms with van der Waals surface area (Å²) in [7, 11) is 0. The fourth-order valence-electron chi connectivity index (χ4n) is 4.04. The van der Waals surface area contributed by atoms with Gasteiger partial charge < -0.3 is 15.0 Å². The van der Waals surface area contributed by atoms with Crippen molar-refractivity contribution in [3.63, 3.8) is 0 Å². The van der Waals surface area contributed by atoms with Gasteiger partial charge in [0, 0.05) is 17.9 Å². The van der Waals surface area contributed by atoms with E-state index >= 15 is 4.39 Å². The third-order valence-electron chi connectivity index (χ3n) is 5.82. The molecule has 212 valence electrons. The van der Waals surface area contributed by atoms with Crippen LogP contribution >= 0.6 is 12.2 Å². The number of hydrogen-bond acceptors (Lipinski definition) is 5. The van der Waals surface area contributed by atoms with E-state index in [4.69, 9.17) is 23.5 Å². The lowest BCUT2D eigenvalue weighted by molar-refractivity contribution is -0.154. The third kappa shape index (κ3) is 6.22. The number of carbonyl (C=O) groups is 3. The lowest BCUT2D eigenvalue weighted by atomic mass is 10.0. The molecule has 2 aromatic rings. The quantitative estimate of drug-likeness (QED) is 0.203. The molecule has 0 saturated carbocycles. The first-order valence-corrected chi connectivity index (χ1v) is 12.4. The van der Waals surface area contributed by atoms with E-state index in [1.165, 1.54) is 36.9 Å². The van der Waals surface area contributed by atoms with Crippen molar-refractivity contribution in [2.24, 2.45) is 0 Å². The normalized spacial score (nSPS) is 15.2. The van der Waals surface area contributed by atoms with E-state index in [1.807, 2.05) is 0 Å². The van der Waals surface area contributed by atoms with Crippen molar-refractivity contribution in [3.05, 3.63) is 64.8 Å². The zero-order valence-electron chi connectivity index (χ0n) is 22.3. The van der Waals surface area contributed by atoms with Crippen LogP contribution in [0.5, 0.6) is 0 Å². The van der Waals surface area contributed by atoms with Gasteiger partial charge in [0.2, 0.25) is 0 Å². The summed E-state index contributed by atoms with van der Waals surface area (Å²) < 4.78 is 60.8. The first-order chi connectivity index (χ1) is 18.4. The number of ether oxygens (including phenoxy) is 1. The zero-order valence-corrected chi connectivity index (χ0v) is 23.1. The predicted octanol–water partition coefficient (Wildman–Crippen LogP) is 5.77. The molecule has 3 rings (SSSR count). The number of nitrogens with one attached hydrogen (secondary N) is 1. The molecule has 0 aromatic heterocycles. The fraction of sp³-hybridized carbons (Fsp3) is 0.370. The van der Waals surface area contributed by atoms with E-state index in [0.29, 0.717) is 6.07 Å². The Labute approximate surface area is 233 Å². The van der Waals surface area contributed by atoms with Crippen molar-refractivity contribution >= 4 is 52.2 Å². The van der Waals surface area contributed by atoms with E-state index < -0.39 is 52.2 Å². The number of carbonyl (C=O) groups excluding carboxylic acids is 3. The van der Waals surface area contributed by atoms with Gasteiger partial charge in [-0.15, -0.1) is 0 Å². The number of halogens is 4. The maximum Gasteiger partial charge on any atom is 0.407 e. The van der Waals surface area contributed by atoms with E-state index in [9.17, 15) is 27.6 Å². The smallest absolute Gasteiger partial charge is 0.407 e. The van der Waals surface area contributed by atoms with E-state index in [-0.39, 0.29) is 35.0 Å². The van der Waals surface area contributed by atoms with Crippen LogP contribution in [0.1, 0.15) is 57.0 Å². The van der Waals surface area contributed by atoms with Gasteiger partial charge >= 0.3 is 12.1 Å². The van der Waals surface area contributed by atoms with Crippen molar-refractivity contribution in [2.75, 3.05) is 16.3 Å². The monoisotopic (exact) mass is 578 g/mol. The van der Waals surface area contributed by atoms with Gasteiger partial charge in [0.25, 0.3) is 11.8 Å². The van der Waals surface area contributed by atoms with E-state index in [1.54, 1.807) is 20.8 Å². The number of amides is 2. The van der Waals surface area contributed by atoms with Gasteiger partial charge in [-0.3, -0.25) is 19.3 Å². The van der Waals surface area contributed by atoms with Crippen LogP contribution in [0.15, 0.2) is 36.4 Å². The summed E-state index contributed by atoms with van der Waals surface area (Å²) in [6.07, 6.45) is -4.97. The molecule has 1 aliphatic heterocycles. The molecule has 1 heterocycles. The molecule has 2 aromatic carbocycles. The first-order valence-electron chi connectivity index (χ1n) is 12.0. The molecule has 1 saturated heterocycles. The molecule has 1 aliphatic rings. The minimum atomic E-state index is -4.85. The third-order valence-corrected chi connectivity index (χ3v) is 6.19. The van der Waals surface area contributed by atoms with Crippen molar-refractivity contribution in [1.82, 2.24) is 5.32 Å². The maximum absolute atomic E-state index is 15.1. The number of esters is 1. The highest BCUT2D eigenvalue weighted by Gasteiger charge is 2.51. The molecule has 1 N–H and O–H groups in total. The topological polar surface area (TPSA) is 83.3 Å². The highest BCUT2D eigenvalue weighted by molar-refractivity contribution is 7.81. The first kappa shape index (κ1) is 30.5. The second-order valence-electron chi connectivity index (χ2n) is 10.4. The highest BCUT2D eigenvalue weighted by Crippen LogP contribution is 2.42. The van der Waals surface area contributed by atoms with Gasteiger partial charge in [-0.05, 0) is 77.2 Å². The Kier molecular flexibility index (Phi) is 8.27. The molecular formula is C27H26F4N4O4S. The number of anilines is 2. The van der Waals surface area contributed by atoms with Crippen molar-refractivity contribution in [2.45, 2.75) is 58.4 Å². The molecule has 0 radical (unpaired) electrons.